The molecular formula is C7H13O4P. The van der Waals surface area contributed by atoms with Crippen LogP contribution in [-0.4, -0.2) is 17.2 Å². The molecule has 0 atom stereocenters. The van der Waals surface area contributed by atoms with Crippen molar-refractivity contribution in [3.63, 3.8) is 0 Å². The Labute approximate surface area is 71.8 Å². The van der Waals surface area contributed by atoms with Gasteiger partial charge in [0.05, 0.1) is 0 Å². The molecule has 1 heterocycles. The Morgan fingerprint density at radius 2 is 1.42 bits per heavy atom. The number of hydrogen-bond donors (Lipinski definition) is 0. The summed E-state index contributed by atoms with van der Waals surface area (Å²) in [6, 6.07) is 0.253. The normalized spacial score (nSPS) is 30.0. The third-order valence-corrected chi connectivity index (χ3v) is 3.97. The molecule has 0 aromatic heterocycles. The summed E-state index contributed by atoms with van der Waals surface area (Å²) in [6.45, 7) is 6.98. The maximum Gasteiger partial charge on any atom is 0.394 e. The fourth-order valence-corrected chi connectivity index (χ4v) is 2.75. The number of carbonyl (C=O) groups excluding carboxylic acids is 1. The van der Waals surface area contributed by atoms with Crippen molar-refractivity contribution in [2.75, 3.05) is 0 Å². The standard InChI is InChI=1S/C7H13O4P/c1-6(2)7(3,4)11-12(9,5-8)10-6/h5H,1-4H3. The van der Waals surface area contributed by atoms with Crippen LogP contribution in [0.15, 0.2) is 0 Å². The highest BCUT2D eigenvalue weighted by Gasteiger charge is 2.55. The first-order chi connectivity index (χ1) is 5.22. The van der Waals surface area contributed by atoms with E-state index in [1.54, 1.807) is 27.7 Å². The molecule has 0 bridgehead atoms. The van der Waals surface area contributed by atoms with Gasteiger partial charge in [-0.25, -0.2) is 0 Å². The molecule has 70 valence electrons. The average Bonchev–Trinajstić information content (AvgIpc) is 1.99. The fraction of sp³-hybridized carbons (Fsp3) is 0.857. The van der Waals surface area contributed by atoms with Crippen molar-refractivity contribution in [2.24, 2.45) is 0 Å². The van der Waals surface area contributed by atoms with Crippen LogP contribution in [0.5, 0.6) is 0 Å². The Bertz CT molecular complexity index is 236. The second-order valence-corrected chi connectivity index (χ2v) is 5.50. The van der Waals surface area contributed by atoms with E-state index >= 15 is 0 Å². The van der Waals surface area contributed by atoms with Crippen LogP contribution in [0.1, 0.15) is 27.7 Å². The molecule has 5 heteroatoms. The average molecular weight is 192 g/mol. The molecule has 0 unspecified atom stereocenters. The van der Waals surface area contributed by atoms with Gasteiger partial charge >= 0.3 is 7.60 Å². The quantitative estimate of drug-likeness (QED) is 0.470. The predicted molar refractivity (Wildman–Crippen MR) is 44.7 cm³/mol. The van der Waals surface area contributed by atoms with Gasteiger partial charge in [-0.2, -0.15) is 0 Å². The molecule has 0 N–H and O–H groups in total. The van der Waals surface area contributed by atoms with Gasteiger partial charge in [0, 0.05) is 0 Å². The maximum atomic E-state index is 11.4. The van der Waals surface area contributed by atoms with Crippen LogP contribution in [0.4, 0.5) is 0 Å². The summed E-state index contributed by atoms with van der Waals surface area (Å²) in [5.74, 6) is 0. The molecule has 1 aliphatic heterocycles. The van der Waals surface area contributed by atoms with Crippen molar-refractivity contribution in [2.45, 2.75) is 38.9 Å². The van der Waals surface area contributed by atoms with Crippen molar-refractivity contribution >= 4 is 13.6 Å². The van der Waals surface area contributed by atoms with E-state index in [1.165, 1.54) is 0 Å². The Hall–Kier alpha value is -0.180. The summed E-state index contributed by atoms with van der Waals surface area (Å²) in [7, 11) is -3.47. The minimum atomic E-state index is -3.47. The van der Waals surface area contributed by atoms with Crippen LogP contribution in [0.2, 0.25) is 0 Å². The van der Waals surface area contributed by atoms with Crippen LogP contribution in [0, 0.1) is 0 Å². The fourth-order valence-electron chi connectivity index (χ4n) is 0.918. The lowest BCUT2D eigenvalue weighted by molar-refractivity contribution is 0.00578. The Balaban J connectivity index is 3.03. The van der Waals surface area contributed by atoms with Crippen LogP contribution in [0.25, 0.3) is 0 Å². The summed E-state index contributed by atoms with van der Waals surface area (Å²) in [5.41, 5.74) is -1.38. The van der Waals surface area contributed by atoms with Crippen molar-refractivity contribution < 1.29 is 18.4 Å². The van der Waals surface area contributed by atoms with E-state index in [2.05, 4.69) is 0 Å². The van der Waals surface area contributed by atoms with Gasteiger partial charge in [0.15, 0.2) is 0 Å². The highest BCUT2D eigenvalue weighted by Crippen LogP contribution is 2.61. The molecule has 12 heavy (non-hydrogen) atoms. The third-order valence-electron chi connectivity index (χ3n) is 2.29. The van der Waals surface area contributed by atoms with E-state index in [1.807, 2.05) is 0 Å². The lowest BCUT2D eigenvalue weighted by Gasteiger charge is -2.29. The minimum Gasteiger partial charge on any atom is -0.294 e. The molecule has 1 aliphatic rings. The van der Waals surface area contributed by atoms with Gasteiger partial charge in [0.1, 0.15) is 11.2 Å². The van der Waals surface area contributed by atoms with Crippen molar-refractivity contribution in [3.8, 4) is 0 Å². The van der Waals surface area contributed by atoms with Crippen LogP contribution >= 0.6 is 7.60 Å². The van der Waals surface area contributed by atoms with Gasteiger partial charge in [0.2, 0.25) is 6.03 Å². The minimum absolute atomic E-state index is 0.253. The topological polar surface area (TPSA) is 52.6 Å². The van der Waals surface area contributed by atoms with Gasteiger partial charge in [0.25, 0.3) is 0 Å². The molecule has 4 nitrogen and oxygen atoms in total. The SMILES string of the molecule is CC1(C)OP(=O)(C=O)OC1(C)C. The van der Waals surface area contributed by atoms with Crippen LogP contribution in [0.3, 0.4) is 0 Å². The third kappa shape index (κ3) is 1.35. The Morgan fingerprint density at radius 1 is 1.08 bits per heavy atom. The molecule has 0 amide bonds. The summed E-state index contributed by atoms with van der Waals surface area (Å²) in [6.07, 6.45) is 0. The van der Waals surface area contributed by atoms with Crippen LogP contribution < -0.4 is 0 Å². The van der Waals surface area contributed by atoms with Gasteiger partial charge in [-0.05, 0) is 27.7 Å². The van der Waals surface area contributed by atoms with Crippen molar-refractivity contribution in [1.82, 2.24) is 0 Å². The molecule has 0 aromatic rings. The van der Waals surface area contributed by atoms with Gasteiger partial charge in [-0.3, -0.25) is 18.4 Å². The van der Waals surface area contributed by atoms with Crippen molar-refractivity contribution in [3.05, 3.63) is 0 Å². The van der Waals surface area contributed by atoms with Gasteiger partial charge in [-0.1, -0.05) is 0 Å². The van der Waals surface area contributed by atoms with Crippen molar-refractivity contribution in [1.29, 1.82) is 0 Å². The second kappa shape index (κ2) is 2.41. The molecular weight excluding hydrogens is 179 g/mol. The van der Waals surface area contributed by atoms with E-state index in [9.17, 15) is 9.36 Å². The van der Waals surface area contributed by atoms with Gasteiger partial charge in [-0.15, -0.1) is 0 Å². The van der Waals surface area contributed by atoms with E-state index < -0.39 is 18.8 Å². The summed E-state index contributed by atoms with van der Waals surface area (Å²) in [4.78, 5) is 10.4. The highest BCUT2D eigenvalue weighted by atomic mass is 31.2. The second-order valence-electron chi connectivity index (χ2n) is 3.85. The number of rotatable bonds is 1. The summed E-state index contributed by atoms with van der Waals surface area (Å²) < 4.78 is 21.5. The van der Waals surface area contributed by atoms with E-state index in [4.69, 9.17) is 9.05 Å². The summed E-state index contributed by atoms with van der Waals surface area (Å²) in [5, 5.41) is 0. The monoisotopic (exact) mass is 192 g/mol. The van der Waals surface area contributed by atoms with Gasteiger partial charge < -0.3 is 0 Å². The molecule has 1 fully saturated rings. The molecule has 1 rings (SSSR count). The largest absolute Gasteiger partial charge is 0.394 e. The zero-order valence-corrected chi connectivity index (χ0v) is 8.55. The lowest BCUT2D eigenvalue weighted by atomic mass is 9.90. The lowest BCUT2D eigenvalue weighted by Crippen LogP contribution is -2.41. The molecule has 1 saturated heterocycles. The Kier molecular flexibility index (Phi) is 1.99. The summed E-state index contributed by atoms with van der Waals surface area (Å²) >= 11 is 0. The smallest absolute Gasteiger partial charge is 0.294 e. The van der Waals surface area contributed by atoms with E-state index in [0.717, 1.165) is 0 Å². The molecule has 0 radical (unpaired) electrons. The Morgan fingerprint density at radius 3 is 1.58 bits per heavy atom. The first kappa shape index (κ1) is 9.90. The highest BCUT2D eigenvalue weighted by molar-refractivity contribution is 7.69. The van der Waals surface area contributed by atoms with E-state index in [-0.39, 0.29) is 6.03 Å². The molecule has 0 aliphatic carbocycles. The number of carbonyl (C=O) groups is 1. The van der Waals surface area contributed by atoms with E-state index in [0.29, 0.717) is 0 Å². The molecule has 0 saturated carbocycles. The zero-order chi connectivity index (χ0) is 9.62. The number of hydrogen-bond acceptors (Lipinski definition) is 4. The predicted octanol–water partition coefficient (Wildman–Crippen LogP) is 1.97. The molecule has 0 aromatic carbocycles. The molecule has 0 spiro atoms. The first-order valence-electron chi connectivity index (χ1n) is 3.70. The first-order valence-corrected chi connectivity index (χ1v) is 5.31. The zero-order valence-electron chi connectivity index (χ0n) is 7.66. The maximum absolute atomic E-state index is 11.4. The van der Waals surface area contributed by atoms with Crippen LogP contribution in [-0.2, 0) is 18.4 Å².